The molecule has 20 heavy (non-hydrogen) atoms. The fraction of sp³-hybridized carbons (Fsp3) is 0.400. The number of piperidine rings is 1. The topological polar surface area (TPSA) is 55.6 Å². The van der Waals surface area contributed by atoms with Gasteiger partial charge in [-0.3, -0.25) is 4.79 Å². The van der Waals surface area contributed by atoms with Crippen molar-refractivity contribution in [3.8, 4) is 0 Å². The van der Waals surface area contributed by atoms with Crippen molar-refractivity contribution in [2.75, 3.05) is 25.9 Å². The molecule has 3 rings (SSSR count). The zero-order chi connectivity index (χ0) is 14.1. The number of likely N-dealkylation sites (tertiary alicyclic amines) is 1. The number of thiophene rings is 1. The third-order valence-corrected chi connectivity index (χ3v) is 5.07. The molecule has 0 saturated carbocycles. The lowest BCUT2D eigenvalue weighted by Gasteiger charge is -2.31. The molecule has 1 aliphatic rings. The molecule has 0 unspecified atom stereocenters. The molecule has 0 spiro atoms. The van der Waals surface area contributed by atoms with Crippen molar-refractivity contribution in [1.29, 1.82) is 0 Å². The summed E-state index contributed by atoms with van der Waals surface area (Å²) in [5.41, 5.74) is 6.75. The van der Waals surface area contributed by atoms with Gasteiger partial charge in [0.1, 0.15) is 4.88 Å². The van der Waals surface area contributed by atoms with E-state index in [0.717, 1.165) is 36.0 Å². The number of carbonyl (C=O) groups is 1. The first-order valence-electron chi connectivity index (χ1n) is 6.79. The number of fused-ring (bicyclic) bond motifs is 1. The minimum absolute atomic E-state index is 0.0539. The lowest BCUT2D eigenvalue weighted by molar-refractivity contribution is 0.0354. The molecule has 1 fully saturated rings. The molecule has 1 saturated heterocycles. The van der Waals surface area contributed by atoms with Crippen LogP contribution >= 0.6 is 11.3 Å². The van der Waals surface area contributed by atoms with Crippen LogP contribution < -0.4 is 5.73 Å². The summed E-state index contributed by atoms with van der Waals surface area (Å²) in [5.74, 6) is 0.0539. The van der Waals surface area contributed by atoms with Crippen molar-refractivity contribution in [1.82, 2.24) is 4.90 Å². The van der Waals surface area contributed by atoms with Crippen molar-refractivity contribution in [3.63, 3.8) is 0 Å². The average Bonchev–Trinajstić information content (AvgIpc) is 2.84. The maximum Gasteiger partial charge on any atom is 0.266 e. The highest BCUT2D eigenvalue weighted by atomic mass is 32.1. The lowest BCUT2D eigenvalue weighted by Crippen LogP contribution is -2.40. The van der Waals surface area contributed by atoms with Crippen LogP contribution in [0.4, 0.5) is 5.69 Å². The van der Waals surface area contributed by atoms with Gasteiger partial charge in [0.2, 0.25) is 0 Å². The average molecular weight is 290 g/mol. The van der Waals surface area contributed by atoms with Crippen LogP contribution in [0.15, 0.2) is 24.3 Å². The van der Waals surface area contributed by atoms with Crippen molar-refractivity contribution in [2.24, 2.45) is 0 Å². The Balaban J connectivity index is 1.84. The van der Waals surface area contributed by atoms with Crippen molar-refractivity contribution < 1.29 is 9.53 Å². The van der Waals surface area contributed by atoms with Gasteiger partial charge in [-0.25, -0.2) is 0 Å². The zero-order valence-electron chi connectivity index (χ0n) is 11.5. The van der Waals surface area contributed by atoms with Crippen LogP contribution in [0.2, 0.25) is 0 Å². The van der Waals surface area contributed by atoms with Gasteiger partial charge in [0.25, 0.3) is 5.91 Å². The van der Waals surface area contributed by atoms with E-state index in [0.29, 0.717) is 10.6 Å². The number of ether oxygens (including phenoxy) is 1. The van der Waals surface area contributed by atoms with Crippen LogP contribution in [0, 0.1) is 0 Å². The molecule has 2 aromatic rings. The number of hydrogen-bond acceptors (Lipinski definition) is 4. The smallest absolute Gasteiger partial charge is 0.266 e. The summed E-state index contributed by atoms with van der Waals surface area (Å²) in [5, 5.41) is 0.979. The van der Waals surface area contributed by atoms with E-state index in [4.69, 9.17) is 10.5 Å². The summed E-state index contributed by atoms with van der Waals surface area (Å²) in [7, 11) is 1.73. The zero-order valence-corrected chi connectivity index (χ0v) is 12.3. The van der Waals surface area contributed by atoms with Crippen LogP contribution in [0.3, 0.4) is 0 Å². The molecular weight excluding hydrogens is 272 g/mol. The van der Waals surface area contributed by atoms with E-state index < -0.39 is 0 Å². The number of methoxy groups -OCH3 is 1. The molecule has 2 heterocycles. The molecule has 0 bridgehead atoms. The Morgan fingerprint density at radius 3 is 2.70 bits per heavy atom. The van der Waals surface area contributed by atoms with Gasteiger partial charge in [0.05, 0.1) is 11.8 Å². The Morgan fingerprint density at radius 1 is 1.35 bits per heavy atom. The fourth-order valence-electron chi connectivity index (χ4n) is 2.66. The summed E-state index contributed by atoms with van der Waals surface area (Å²) < 4.78 is 6.41. The van der Waals surface area contributed by atoms with Gasteiger partial charge in [-0.05, 0) is 18.9 Å². The maximum atomic E-state index is 12.6. The molecule has 106 valence electrons. The minimum Gasteiger partial charge on any atom is -0.397 e. The van der Waals surface area contributed by atoms with Crippen molar-refractivity contribution >= 4 is 33.0 Å². The second kappa shape index (κ2) is 5.42. The van der Waals surface area contributed by atoms with Crippen LogP contribution in [0.5, 0.6) is 0 Å². The molecule has 1 amide bonds. The molecule has 2 N–H and O–H groups in total. The third-order valence-electron chi connectivity index (χ3n) is 3.89. The van der Waals surface area contributed by atoms with E-state index >= 15 is 0 Å². The minimum atomic E-state index is 0.0539. The number of nitrogens with zero attached hydrogens (tertiary/aromatic N) is 1. The first kappa shape index (κ1) is 13.4. The van der Waals surface area contributed by atoms with Gasteiger partial charge in [0.15, 0.2) is 0 Å². The monoisotopic (exact) mass is 290 g/mol. The lowest BCUT2D eigenvalue weighted by atomic mass is 10.1. The van der Waals surface area contributed by atoms with Gasteiger partial charge in [-0.1, -0.05) is 18.2 Å². The molecule has 0 aliphatic carbocycles. The number of carbonyl (C=O) groups excluding carboxylic acids is 1. The Morgan fingerprint density at radius 2 is 2.05 bits per heavy atom. The number of nitrogen functional groups attached to an aromatic ring is 1. The molecule has 5 heteroatoms. The number of hydrogen-bond donors (Lipinski definition) is 1. The molecule has 1 aromatic carbocycles. The number of nitrogens with two attached hydrogens (primary N) is 1. The first-order valence-corrected chi connectivity index (χ1v) is 7.61. The quantitative estimate of drug-likeness (QED) is 0.925. The normalized spacial score (nSPS) is 16.8. The van der Waals surface area contributed by atoms with Gasteiger partial charge in [-0.15, -0.1) is 11.3 Å². The molecule has 0 radical (unpaired) electrons. The van der Waals surface area contributed by atoms with Gasteiger partial charge in [0, 0.05) is 30.3 Å². The van der Waals surface area contributed by atoms with E-state index in [9.17, 15) is 4.79 Å². The van der Waals surface area contributed by atoms with Crippen LogP contribution in [-0.2, 0) is 4.74 Å². The number of amides is 1. The summed E-state index contributed by atoms with van der Waals surface area (Å²) in [4.78, 5) is 15.2. The van der Waals surface area contributed by atoms with Crippen LogP contribution in [0.25, 0.3) is 10.1 Å². The summed E-state index contributed by atoms with van der Waals surface area (Å²) in [6.07, 6.45) is 2.07. The molecule has 4 nitrogen and oxygen atoms in total. The molecule has 1 aliphatic heterocycles. The highest BCUT2D eigenvalue weighted by Gasteiger charge is 2.26. The highest BCUT2D eigenvalue weighted by Crippen LogP contribution is 2.34. The van der Waals surface area contributed by atoms with Crippen molar-refractivity contribution in [2.45, 2.75) is 18.9 Å². The van der Waals surface area contributed by atoms with E-state index in [1.54, 1.807) is 7.11 Å². The van der Waals surface area contributed by atoms with E-state index in [-0.39, 0.29) is 12.0 Å². The van der Waals surface area contributed by atoms with Crippen LogP contribution in [-0.4, -0.2) is 37.1 Å². The second-order valence-electron chi connectivity index (χ2n) is 5.07. The number of anilines is 1. The Kier molecular flexibility index (Phi) is 3.63. The highest BCUT2D eigenvalue weighted by molar-refractivity contribution is 7.21. The third kappa shape index (κ3) is 2.27. The largest absolute Gasteiger partial charge is 0.397 e. The van der Waals surface area contributed by atoms with E-state index in [1.165, 1.54) is 11.3 Å². The summed E-state index contributed by atoms with van der Waals surface area (Å²) in [6.45, 7) is 1.48. The Labute approximate surface area is 122 Å². The number of rotatable bonds is 2. The van der Waals surface area contributed by atoms with E-state index in [1.807, 2.05) is 29.2 Å². The van der Waals surface area contributed by atoms with Crippen molar-refractivity contribution in [3.05, 3.63) is 29.1 Å². The summed E-state index contributed by atoms with van der Waals surface area (Å²) in [6, 6.07) is 7.89. The van der Waals surface area contributed by atoms with Gasteiger partial charge < -0.3 is 15.4 Å². The van der Waals surface area contributed by atoms with Gasteiger partial charge >= 0.3 is 0 Å². The predicted octanol–water partition coefficient (Wildman–Crippen LogP) is 2.73. The predicted molar refractivity (Wildman–Crippen MR) is 82.2 cm³/mol. The van der Waals surface area contributed by atoms with Gasteiger partial charge in [-0.2, -0.15) is 0 Å². The molecule has 1 aromatic heterocycles. The second-order valence-corrected chi connectivity index (χ2v) is 6.12. The maximum absolute atomic E-state index is 12.6. The fourth-order valence-corrected chi connectivity index (χ4v) is 3.75. The van der Waals surface area contributed by atoms with E-state index in [2.05, 4.69) is 0 Å². The number of benzene rings is 1. The Bertz CT molecular complexity index is 630. The first-order chi connectivity index (χ1) is 9.70. The van der Waals surface area contributed by atoms with Crippen LogP contribution in [0.1, 0.15) is 22.5 Å². The Hall–Kier alpha value is -1.59. The molecular formula is C15H18N2O2S. The standard InChI is InChI=1S/C15H18N2O2S/c1-19-10-6-8-17(9-7-10)15(18)14-13(16)11-4-2-3-5-12(11)20-14/h2-5,10H,6-9,16H2,1H3. The molecule has 0 atom stereocenters. The summed E-state index contributed by atoms with van der Waals surface area (Å²) >= 11 is 1.48. The SMILES string of the molecule is COC1CCN(C(=O)c2sc3ccccc3c2N)CC1.